The molecule has 0 N–H and O–H groups in total. The Kier molecular flexibility index (Phi) is 9.20. The average molecular weight is 536 g/mol. The van der Waals surface area contributed by atoms with Crippen LogP contribution in [0.3, 0.4) is 0 Å². The standard InChI is InChI=1S/C30H37N3O4S/c1-4-33(38(35,36)27-16-17-28(37-5-2)24(3)22-27)23-29(34)31-18-20-32(21-19-31)30(25-12-8-6-9-13-25)26-14-10-7-11-15-26/h6-17,22,30H,4-5,18-21,23H2,1-3H3. The van der Waals surface area contributed by atoms with Crippen LogP contribution in [0.5, 0.6) is 5.75 Å². The average Bonchev–Trinajstić information content (AvgIpc) is 2.94. The highest BCUT2D eigenvalue weighted by Crippen LogP contribution is 2.30. The first-order chi connectivity index (χ1) is 18.3. The second-order valence-electron chi connectivity index (χ2n) is 9.43. The second kappa shape index (κ2) is 12.6. The maximum absolute atomic E-state index is 13.4. The molecule has 3 aromatic rings. The molecule has 0 radical (unpaired) electrons. The summed E-state index contributed by atoms with van der Waals surface area (Å²) in [5, 5.41) is 0. The molecule has 1 aliphatic heterocycles. The third-order valence-electron chi connectivity index (χ3n) is 7.01. The Hall–Kier alpha value is -3.20. The Morgan fingerprint density at radius 3 is 1.97 bits per heavy atom. The van der Waals surface area contributed by atoms with Gasteiger partial charge in [-0.25, -0.2) is 8.42 Å². The van der Waals surface area contributed by atoms with Gasteiger partial charge in [-0.05, 0) is 48.7 Å². The third-order valence-corrected chi connectivity index (χ3v) is 8.93. The number of hydrogen-bond donors (Lipinski definition) is 0. The summed E-state index contributed by atoms with van der Waals surface area (Å²) in [6.07, 6.45) is 0. The van der Waals surface area contributed by atoms with Crippen LogP contribution in [0.15, 0.2) is 83.8 Å². The van der Waals surface area contributed by atoms with Gasteiger partial charge in [0.2, 0.25) is 15.9 Å². The molecule has 1 heterocycles. The van der Waals surface area contributed by atoms with E-state index in [1.807, 2.05) is 26.0 Å². The maximum atomic E-state index is 13.4. The summed E-state index contributed by atoms with van der Waals surface area (Å²) in [4.78, 5) is 17.6. The first-order valence-corrected chi connectivity index (χ1v) is 14.6. The summed E-state index contributed by atoms with van der Waals surface area (Å²) >= 11 is 0. The number of ether oxygens (including phenoxy) is 1. The summed E-state index contributed by atoms with van der Waals surface area (Å²) in [5.41, 5.74) is 3.18. The third kappa shape index (κ3) is 6.26. The lowest BCUT2D eigenvalue weighted by Crippen LogP contribution is -2.52. The van der Waals surface area contributed by atoms with Gasteiger partial charge in [-0.3, -0.25) is 9.69 Å². The van der Waals surface area contributed by atoms with Crippen LogP contribution in [0.25, 0.3) is 0 Å². The van der Waals surface area contributed by atoms with Gasteiger partial charge in [0.1, 0.15) is 5.75 Å². The van der Waals surface area contributed by atoms with Crippen molar-refractivity contribution >= 4 is 15.9 Å². The van der Waals surface area contributed by atoms with Crippen LogP contribution < -0.4 is 4.74 Å². The van der Waals surface area contributed by atoms with Gasteiger partial charge < -0.3 is 9.64 Å². The van der Waals surface area contributed by atoms with E-state index < -0.39 is 10.0 Å². The lowest BCUT2D eigenvalue weighted by Gasteiger charge is -2.40. The minimum Gasteiger partial charge on any atom is -0.494 e. The predicted molar refractivity (Wildman–Crippen MR) is 150 cm³/mol. The lowest BCUT2D eigenvalue weighted by molar-refractivity contribution is -0.133. The van der Waals surface area contributed by atoms with E-state index in [9.17, 15) is 13.2 Å². The fourth-order valence-corrected chi connectivity index (χ4v) is 6.46. The molecule has 4 rings (SSSR count). The molecule has 1 aliphatic rings. The molecule has 1 fully saturated rings. The van der Waals surface area contributed by atoms with Gasteiger partial charge in [0.05, 0.1) is 24.1 Å². The van der Waals surface area contributed by atoms with Gasteiger partial charge in [0, 0.05) is 32.7 Å². The molecule has 38 heavy (non-hydrogen) atoms. The fourth-order valence-electron chi connectivity index (χ4n) is 4.98. The summed E-state index contributed by atoms with van der Waals surface area (Å²) in [7, 11) is -3.82. The van der Waals surface area contributed by atoms with Crippen LogP contribution >= 0.6 is 0 Å². The lowest BCUT2D eigenvalue weighted by atomic mass is 9.96. The quantitative estimate of drug-likeness (QED) is 0.386. The van der Waals surface area contributed by atoms with E-state index in [1.54, 1.807) is 30.0 Å². The van der Waals surface area contributed by atoms with Crippen LogP contribution in [0, 0.1) is 6.92 Å². The number of benzene rings is 3. The van der Waals surface area contributed by atoms with E-state index >= 15 is 0 Å². The van der Waals surface area contributed by atoms with Gasteiger partial charge in [0.15, 0.2) is 0 Å². The molecule has 7 nitrogen and oxygen atoms in total. The van der Waals surface area contributed by atoms with Crippen molar-refractivity contribution in [3.05, 3.63) is 95.6 Å². The number of amides is 1. The number of carbonyl (C=O) groups excluding carboxylic acids is 1. The molecule has 0 atom stereocenters. The first kappa shape index (κ1) is 27.8. The molecule has 202 valence electrons. The fraction of sp³-hybridized carbons (Fsp3) is 0.367. The van der Waals surface area contributed by atoms with Gasteiger partial charge in [0.25, 0.3) is 0 Å². The van der Waals surface area contributed by atoms with Gasteiger partial charge in [-0.1, -0.05) is 67.6 Å². The number of nitrogens with zero attached hydrogens (tertiary/aromatic N) is 3. The van der Waals surface area contributed by atoms with Crippen molar-refractivity contribution in [1.82, 2.24) is 14.1 Å². The SMILES string of the molecule is CCOc1ccc(S(=O)(=O)N(CC)CC(=O)N2CCN(C(c3ccccc3)c3ccccc3)CC2)cc1C. The van der Waals surface area contributed by atoms with E-state index in [2.05, 4.69) is 53.4 Å². The van der Waals surface area contributed by atoms with E-state index in [0.29, 0.717) is 38.5 Å². The first-order valence-electron chi connectivity index (χ1n) is 13.2. The summed E-state index contributed by atoms with van der Waals surface area (Å²) < 4.78 is 33.5. The monoisotopic (exact) mass is 535 g/mol. The van der Waals surface area contributed by atoms with E-state index in [4.69, 9.17) is 4.74 Å². The molecule has 0 aromatic heterocycles. The van der Waals surface area contributed by atoms with Crippen LogP contribution in [-0.2, 0) is 14.8 Å². The van der Waals surface area contributed by atoms with Crippen molar-refractivity contribution in [2.45, 2.75) is 31.7 Å². The van der Waals surface area contributed by atoms with Gasteiger partial charge in [-0.15, -0.1) is 0 Å². The van der Waals surface area contributed by atoms with Crippen LogP contribution in [0.2, 0.25) is 0 Å². The highest BCUT2D eigenvalue weighted by molar-refractivity contribution is 7.89. The van der Waals surface area contributed by atoms with Gasteiger partial charge >= 0.3 is 0 Å². The number of carbonyl (C=O) groups is 1. The maximum Gasteiger partial charge on any atom is 0.243 e. The van der Waals surface area contributed by atoms with Crippen LogP contribution in [0.4, 0.5) is 0 Å². The van der Waals surface area contributed by atoms with Gasteiger partial charge in [-0.2, -0.15) is 4.31 Å². The molecule has 0 saturated carbocycles. The highest BCUT2D eigenvalue weighted by Gasteiger charge is 2.31. The van der Waals surface area contributed by atoms with E-state index in [1.165, 1.54) is 15.4 Å². The predicted octanol–water partition coefficient (Wildman–Crippen LogP) is 4.34. The van der Waals surface area contributed by atoms with E-state index in [0.717, 1.165) is 5.56 Å². The molecule has 0 unspecified atom stereocenters. The molecule has 0 bridgehead atoms. The van der Waals surface area contributed by atoms with Crippen molar-refractivity contribution in [1.29, 1.82) is 0 Å². The molecular weight excluding hydrogens is 498 g/mol. The van der Waals surface area contributed by atoms with Crippen LogP contribution in [-0.4, -0.2) is 74.3 Å². The Bertz CT molecular complexity index is 1270. The summed E-state index contributed by atoms with van der Waals surface area (Å²) in [6, 6.07) is 25.7. The number of sulfonamides is 1. The molecule has 8 heteroatoms. The second-order valence-corrected chi connectivity index (χ2v) is 11.4. The highest BCUT2D eigenvalue weighted by atomic mass is 32.2. The van der Waals surface area contributed by atoms with Crippen molar-refractivity contribution < 1.29 is 17.9 Å². The van der Waals surface area contributed by atoms with E-state index in [-0.39, 0.29) is 29.9 Å². The number of piperazine rings is 1. The van der Waals surface area contributed by atoms with Crippen LogP contribution in [0.1, 0.15) is 36.6 Å². The topological polar surface area (TPSA) is 70.2 Å². The molecule has 0 aliphatic carbocycles. The number of hydrogen-bond acceptors (Lipinski definition) is 5. The Balaban J connectivity index is 1.43. The Morgan fingerprint density at radius 1 is 0.895 bits per heavy atom. The number of rotatable bonds is 10. The zero-order chi connectivity index (χ0) is 27.1. The molecule has 3 aromatic carbocycles. The molecule has 1 amide bonds. The number of aryl methyl sites for hydroxylation is 1. The Morgan fingerprint density at radius 2 is 1.47 bits per heavy atom. The molecule has 1 saturated heterocycles. The normalized spacial score (nSPS) is 14.7. The minimum atomic E-state index is -3.82. The largest absolute Gasteiger partial charge is 0.494 e. The zero-order valence-corrected chi connectivity index (χ0v) is 23.2. The zero-order valence-electron chi connectivity index (χ0n) is 22.4. The summed E-state index contributed by atoms with van der Waals surface area (Å²) in [5.74, 6) is 0.487. The van der Waals surface area contributed by atoms with Crippen molar-refractivity contribution in [2.24, 2.45) is 0 Å². The number of likely N-dealkylation sites (N-methyl/N-ethyl adjacent to an activating group) is 1. The van der Waals surface area contributed by atoms with Crippen molar-refractivity contribution in [3.8, 4) is 5.75 Å². The Labute approximate surface area is 226 Å². The molecular formula is C30H37N3O4S. The van der Waals surface area contributed by atoms with Crippen molar-refractivity contribution in [2.75, 3.05) is 45.9 Å². The summed E-state index contributed by atoms with van der Waals surface area (Å²) in [6.45, 7) is 8.52. The molecule has 0 spiro atoms. The van der Waals surface area contributed by atoms with Crippen molar-refractivity contribution in [3.63, 3.8) is 0 Å². The minimum absolute atomic E-state index is 0.102. The smallest absolute Gasteiger partial charge is 0.243 e.